The fourth-order valence-electron chi connectivity index (χ4n) is 2.25. The van der Waals surface area contributed by atoms with Crippen LogP contribution >= 0.6 is 11.3 Å². The molecule has 1 N–H and O–H groups in total. The highest BCUT2D eigenvalue weighted by Gasteiger charge is 2.26. The lowest BCUT2D eigenvalue weighted by molar-refractivity contribution is 0.0942. The van der Waals surface area contributed by atoms with Crippen molar-refractivity contribution in [1.82, 2.24) is 10.2 Å². The Morgan fingerprint density at radius 1 is 1.20 bits per heavy atom. The summed E-state index contributed by atoms with van der Waals surface area (Å²) >= 11 is 1.56. The van der Waals surface area contributed by atoms with Gasteiger partial charge in [-0.15, -0.1) is 0 Å². The standard InChI is InChI=1S/C16H18F2N2O3S2/c1-20(2)14(12-7-8-24-10-12)9-19-15(21)11-3-5-13(6-4-11)25(22,23)16(17)18/h3-8,10,14,16H,9H2,1-2H3,(H,19,21)/t14-/m1/s1. The van der Waals surface area contributed by atoms with Crippen molar-refractivity contribution in [3.63, 3.8) is 0 Å². The first-order valence-corrected chi connectivity index (χ1v) is 9.81. The summed E-state index contributed by atoms with van der Waals surface area (Å²) < 4.78 is 47.8. The van der Waals surface area contributed by atoms with Gasteiger partial charge in [0, 0.05) is 12.1 Å². The maximum Gasteiger partial charge on any atom is 0.341 e. The zero-order valence-electron chi connectivity index (χ0n) is 13.6. The first-order chi connectivity index (χ1) is 11.7. The molecule has 25 heavy (non-hydrogen) atoms. The lowest BCUT2D eigenvalue weighted by Crippen LogP contribution is -2.34. The van der Waals surface area contributed by atoms with E-state index in [-0.39, 0.29) is 11.6 Å². The van der Waals surface area contributed by atoms with Crippen LogP contribution in [0.1, 0.15) is 22.0 Å². The van der Waals surface area contributed by atoms with Gasteiger partial charge in [0.05, 0.1) is 10.9 Å². The van der Waals surface area contributed by atoms with Crippen molar-refractivity contribution in [2.45, 2.75) is 16.7 Å². The number of thiophene rings is 1. The number of nitrogens with one attached hydrogen (secondary N) is 1. The molecular weight excluding hydrogens is 370 g/mol. The van der Waals surface area contributed by atoms with Crippen LogP contribution in [-0.4, -0.2) is 45.6 Å². The van der Waals surface area contributed by atoms with Crippen molar-refractivity contribution in [3.8, 4) is 0 Å². The second-order valence-corrected chi connectivity index (χ2v) is 8.27. The number of nitrogens with zero attached hydrogens (tertiary/aromatic N) is 1. The first-order valence-electron chi connectivity index (χ1n) is 7.32. The van der Waals surface area contributed by atoms with E-state index in [9.17, 15) is 22.0 Å². The Morgan fingerprint density at radius 2 is 1.84 bits per heavy atom. The number of halogens is 2. The van der Waals surface area contributed by atoms with Gasteiger partial charge in [0.2, 0.25) is 9.84 Å². The summed E-state index contributed by atoms with van der Waals surface area (Å²) in [4.78, 5) is 13.7. The second-order valence-electron chi connectivity index (χ2n) is 5.58. The van der Waals surface area contributed by atoms with E-state index in [1.165, 1.54) is 12.1 Å². The highest BCUT2D eigenvalue weighted by Crippen LogP contribution is 2.21. The minimum Gasteiger partial charge on any atom is -0.350 e. The van der Waals surface area contributed by atoms with Crippen molar-refractivity contribution < 1.29 is 22.0 Å². The second kappa shape index (κ2) is 8.03. The van der Waals surface area contributed by atoms with Gasteiger partial charge in [-0.05, 0) is 60.8 Å². The monoisotopic (exact) mass is 388 g/mol. The minimum absolute atomic E-state index is 0.00585. The fourth-order valence-corrected chi connectivity index (χ4v) is 3.68. The number of amides is 1. The van der Waals surface area contributed by atoms with E-state index in [0.717, 1.165) is 17.7 Å². The molecular formula is C16H18F2N2O3S2. The van der Waals surface area contributed by atoms with Crippen LogP contribution in [0, 0.1) is 0 Å². The molecule has 2 aromatic rings. The molecule has 0 saturated heterocycles. The van der Waals surface area contributed by atoms with Gasteiger partial charge in [0.15, 0.2) is 0 Å². The summed E-state index contributed by atoms with van der Waals surface area (Å²) in [7, 11) is -0.854. The van der Waals surface area contributed by atoms with E-state index in [1.54, 1.807) is 11.3 Å². The molecule has 136 valence electrons. The Morgan fingerprint density at radius 3 is 2.32 bits per heavy atom. The minimum atomic E-state index is -4.66. The third-order valence-electron chi connectivity index (χ3n) is 3.69. The van der Waals surface area contributed by atoms with Crippen LogP contribution in [-0.2, 0) is 9.84 Å². The molecule has 0 aliphatic rings. The number of rotatable bonds is 7. The quantitative estimate of drug-likeness (QED) is 0.792. The van der Waals surface area contributed by atoms with Crippen molar-refractivity contribution in [2.24, 2.45) is 0 Å². The Hall–Kier alpha value is -1.84. The van der Waals surface area contributed by atoms with Crippen molar-refractivity contribution in [3.05, 3.63) is 52.2 Å². The van der Waals surface area contributed by atoms with Crippen molar-refractivity contribution in [2.75, 3.05) is 20.6 Å². The molecule has 9 heteroatoms. The Balaban J connectivity index is 2.06. The lowest BCUT2D eigenvalue weighted by Gasteiger charge is -2.24. The molecule has 0 saturated carbocycles. The average Bonchev–Trinajstić information content (AvgIpc) is 3.08. The van der Waals surface area contributed by atoms with Crippen LogP contribution in [0.25, 0.3) is 0 Å². The Bertz CT molecular complexity index is 804. The van der Waals surface area contributed by atoms with E-state index in [1.807, 2.05) is 35.8 Å². The molecule has 1 heterocycles. The molecule has 0 spiro atoms. The molecule has 5 nitrogen and oxygen atoms in total. The number of sulfone groups is 1. The van der Waals surface area contributed by atoms with Crippen LogP contribution < -0.4 is 5.32 Å². The maximum atomic E-state index is 12.5. The average molecular weight is 388 g/mol. The van der Waals surface area contributed by atoms with Crippen LogP contribution in [0.3, 0.4) is 0 Å². The van der Waals surface area contributed by atoms with Crippen molar-refractivity contribution >= 4 is 27.1 Å². The molecule has 0 fully saturated rings. The molecule has 0 unspecified atom stereocenters. The highest BCUT2D eigenvalue weighted by atomic mass is 32.2. The molecule has 0 aliphatic carbocycles. The number of carbonyl (C=O) groups is 1. The molecule has 0 aliphatic heterocycles. The third kappa shape index (κ3) is 4.62. The lowest BCUT2D eigenvalue weighted by atomic mass is 10.1. The highest BCUT2D eigenvalue weighted by molar-refractivity contribution is 7.91. The van der Waals surface area contributed by atoms with Crippen LogP contribution in [0.4, 0.5) is 8.78 Å². The predicted molar refractivity (Wildman–Crippen MR) is 92.7 cm³/mol. The zero-order chi connectivity index (χ0) is 18.6. The van der Waals surface area contributed by atoms with Crippen LogP contribution in [0.15, 0.2) is 46.0 Å². The largest absolute Gasteiger partial charge is 0.350 e. The number of alkyl halides is 2. The van der Waals surface area contributed by atoms with Gasteiger partial charge in [0.25, 0.3) is 5.91 Å². The topological polar surface area (TPSA) is 66.5 Å². The van der Waals surface area contributed by atoms with Gasteiger partial charge in [-0.2, -0.15) is 20.1 Å². The van der Waals surface area contributed by atoms with Crippen molar-refractivity contribution in [1.29, 1.82) is 0 Å². The van der Waals surface area contributed by atoms with E-state index < -0.39 is 26.4 Å². The van der Waals surface area contributed by atoms with Gasteiger partial charge in [0.1, 0.15) is 0 Å². The summed E-state index contributed by atoms with van der Waals surface area (Å²) in [6.07, 6.45) is 0. The molecule has 1 amide bonds. The predicted octanol–water partition coefficient (Wildman–Crippen LogP) is 2.78. The molecule has 1 atom stereocenters. The summed E-state index contributed by atoms with van der Waals surface area (Å²) in [5, 5.41) is 6.73. The van der Waals surface area contributed by atoms with E-state index in [4.69, 9.17) is 0 Å². The fraction of sp³-hybridized carbons (Fsp3) is 0.312. The third-order valence-corrected chi connectivity index (χ3v) is 5.79. The number of carbonyl (C=O) groups excluding carboxylic acids is 1. The molecule has 1 aromatic heterocycles. The molecule has 1 aromatic carbocycles. The SMILES string of the molecule is CN(C)[C@H](CNC(=O)c1ccc(S(=O)(=O)C(F)F)cc1)c1ccsc1. The van der Waals surface area contributed by atoms with E-state index in [2.05, 4.69) is 5.32 Å². The molecule has 0 radical (unpaired) electrons. The van der Waals surface area contributed by atoms with E-state index >= 15 is 0 Å². The van der Waals surface area contributed by atoms with Gasteiger partial charge >= 0.3 is 5.76 Å². The Labute approximate surface area is 149 Å². The first kappa shape index (κ1) is 19.5. The van der Waals surface area contributed by atoms with Gasteiger partial charge in [-0.1, -0.05) is 0 Å². The van der Waals surface area contributed by atoms with E-state index in [0.29, 0.717) is 6.54 Å². The van der Waals surface area contributed by atoms with Gasteiger partial charge in [-0.25, -0.2) is 8.42 Å². The van der Waals surface area contributed by atoms with Crippen LogP contribution in [0.5, 0.6) is 0 Å². The van der Waals surface area contributed by atoms with Gasteiger partial charge < -0.3 is 10.2 Å². The number of benzene rings is 1. The van der Waals surface area contributed by atoms with Gasteiger partial charge in [-0.3, -0.25) is 4.79 Å². The summed E-state index contributed by atoms with van der Waals surface area (Å²) in [5.41, 5.74) is 1.28. The van der Waals surface area contributed by atoms with Crippen LogP contribution in [0.2, 0.25) is 0 Å². The zero-order valence-corrected chi connectivity index (χ0v) is 15.3. The maximum absolute atomic E-state index is 12.5. The normalized spacial score (nSPS) is 13.2. The number of hydrogen-bond acceptors (Lipinski definition) is 5. The molecule has 0 bridgehead atoms. The summed E-state index contributed by atoms with van der Waals surface area (Å²) in [6.45, 7) is 0.361. The summed E-state index contributed by atoms with van der Waals surface area (Å²) in [6, 6.07) is 6.44. The summed E-state index contributed by atoms with van der Waals surface area (Å²) in [5.74, 6) is -3.89. The molecule has 2 rings (SSSR count). The smallest absolute Gasteiger partial charge is 0.341 e. The number of likely N-dealkylation sites (N-methyl/N-ethyl adjacent to an activating group) is 1. The Kier molecular flexibility index (Phi) is 6.26. The number of hydrogen-bond donors (Lipinski definition) is 1.